The first-order valence-electron chi connectivity index (χ1n) is 5.88. The molecule has 1 heterocycles. The van der Waals surface area contributed by atoms with Crippen LogP contribution in [0.25, 0.3) is 0 Å². The van der Waals surface area contributed by atoms with Crippen LogP contribution in [0, 0.1) is 0 Å². The van der Waals surface area contributed by atoms with Gasteiger partial charge in [-0.1, -0.05) is 22.0 Å². The topological polar surface area (TPSA) is 79.6 Å². The van der Waals surface area contributed by atoms with Crippen molar-refractivity contribution in [1.29, 1.82) is 0 Å². The summed E-state index contributed by atoms with van der Waals surface area (Å²) in [6.07, 6.45) is 1.11. The minimum atomic E-state index is -3.69. The molecule has 1 amide bonds. The molecule has 0 aliphatic heterocycles. The zero-order chi connectivity index (χ0) is 15.6. The lowest BCUT2D eigenvalue weighted by Gasteiger charge is -2.07. The molecular formula is C13H13BrN2O4S. The average Bonchev–Trinajstić information content (AvgIpc) is 2.88. The molecule has 2 aromatic rings. The number of furan rings is 1. The summed E-state index contributed by atoms with van der Waals surface area (Å²) in [5.74, 6) is -0.447. The van der Waals surface area contributed by atoms with Gasteiger partial charge in [0.1, 0.15) is 6.26 Å². The highest BCUT2D eigenvalue weighted by Crippen LogP contribution is 2.19. The number of hydrogen-bond donors (Lipinski definition) is 1. The highest BCUT2D eigenvalue weighted by Gasteiger charge is 2.23. The molecule has 0 saturated heterocycles. The van der Waals surface area contributed by atoms with Crippen LogP contribution in [0.3, 0.4) is 0 Å². The van der Waals surface area contributed by atoms with Gasteiger partial charge < -0.3 is 9.73 Å². The minimum absolute atomic E-state index is 0.135. The predicted molar refractivity (Wildman–Crippen MR) is 81.7 cm³/mol. The Hall–Kier alpha value is -1.64. The van der Waals surface area contributed by atoms with Crippen LogP contribution in [0.4, 0.5) is 5.69 Å². The number of carbonyl (C=O) groups excluding carboxylic acids is 1. The lowest BCUT2D eigenvalue weighted by Crippen LogP contribution is -2.21. The number of anilines is 1. The number of hydrogen-bond acceptors (Lipinski definition) is 4. The van der Waals surface area contributed by atoms with Crippen molar-refractivity contribution in [3.8, 4) is 0 Å². The van der Waals surface area contributed by atoms with E-state index in [0.29, 0.717) is 5.69 Å². The molecule has 8 heteroatoms. The van der Waals surface area contributed by atoms with Crippen LogP contribution in [-0.4, -0.2) is 32.7 Å². The zero-order valence-corrected chi connectivity index (χ0v) is 13.7. The molecule has 21 heavy (non-hydrogen) atoms. The maximum Gasteiger partial charge on any atom is 0.275 e. The molecule has 1 aromatic carbocycles. The molecule has 0 bridgehead atoms. The van der Waals surface area contributed by atoms with E-state index in [1.807, 2.05) is 6.07 Å². The van der Waals surface area contributed by atoms with Gasteiger partial charge in [-0.2, -0.15) is 0 Å². The van der Waals surface area contributed by atoms with E-state index in [1.54, 1.807) is 18.2 Å². The number of benzene rings is 1. The fourth-order valence-corrected chi connectivity index (χ4v) is 2.73. The first-order valence-corrected chi connectivity index (χ1v) is 8.12. The summed E-state index contributed by atoms with van der Waals surface area (Å²) in [6, 6.07) is 8.25. The Morgan fingerprint density at radius 1 is 1.29 bits per heavy atom. The van der Waals surface area contributed by atoms with Gasteiger partial charge in [0.2, 0.25) is 5.09 Å². The van der Waals surface area contributed by atoms with Crippen molar-refractivity contribution in [3.63, 3.8) is 0 Å². The molecule has 0 unspecified atom stereocenters. The number of carbonyl (C=O) groups is 1. The van der Waals surface area contributed by atoms with Gasteiger partial charge in [-0.05, 0) is 18.2 Å². The monoisotopic (exact) mass is 372 g/mol. The average molecular weight is 373 g/mol. The molecule has 2 rings (SSSR count). The largest absolute Gasteiger partial charge is 0.451 e. The van der Waals surface area contributed by atoms with Crippen molar-refractivity contribution in [3.05, 3.63) is 46.6 Å². The molecule has 112 valence electrons. The third-order valence-electron chi connectivity index (χ3n) is 2.66. The molecule has 0 spiro atoms. The lowest BCUT2D eigenvalue weighted by atomic mass is 10.3. The fourth-order valence-electron chi connectivity index (χ4n) is 1.52. The van der Waals surface area contributed by atoms with Crippen LogP contribution in [0.5, 0.6) is 0 Å². The molecule has 0 saturated carbocycles. The van der Waals surface area contributed by atoms with Gasteiger partial charge in [0.25, 0.3) is 15.9 Å². The normalized spacial score (nSPS) is 11.6. The van der Waals surface area contributed by atoms with Gasteiger partial charge in [0.05, 0.1) is 5.56 Å². The number of halogens is 1. The van der Waals surface area contributed by atoms with Crippen molar-refractivity contribution < 1.29 is 17.6 Å². The fraction of sp³-hybridized carbons (Fsp3) is 0.154. The van der Waals surface area contributed by atoms with E-state index < -0.39 is 15.9 Å². The smallest absolute Gasteiger partial charge is 0.275 e. The van der Waals surface area contributed by atoms with Crippen LogP contribution in [0.1, 0.15) is 10.4 Å². The lowest BCUT2D eigenvalue weighted by molar-refractivity contribution is 0.102. The van der Waals surface area contributed by atoms with E-state index in [4.69, 9.17) is 4.42 Å². The Morgan fingerprint density at radius 3 is 2.62 bits per heavy atom. The zero-order valence-electron chi connectivity index (χ0n) is 11.3. The van der Waals surface area contributed by atoms with E-state index >= 15 is 0 Å². The number of nitrogens with one attached hydrogen (secondary N) is 1. The summed E-state index contributed by atoms with van der Waals surface area (Å²) in [7, 11) is -0.914. The molecular weight excluding hydrogens is 360 g/mol. The first kappa shape index (κ1) is 15.7. The summed E-state index contributed by atoms with van der Waals surface area (Å²) in [5.41, 5.74) is 0.725. The summed E-state index contributed by atoms with van der Waals surface area (Å²) in [6.45, 7) is 0. The molecule has 0 aliphatic carbocycles. The van der Waals surface area contributed by atoms with Crippen molar-refractivity contribution in [1.82, 2.24) is 4.31 Å². The van der Waals surface area contributed by atoms with Gasteiger partial charge >= 0.3 is 0 Å². The van der Waals surface area contributed by atoms with Crippen LogP contribution in [0.15, 0.2) is 50.6 Å². The number of nitrogens with zero attached hydrogens (tertiary/aromatic N) is 1. The summed E-state index contributed by atoms with van der Waals surface area (Å²) in [4.78, 5) is 12.0. The maximum absolute atomic E-state index is 12.0. The number of amides is 1. The van der Waals surface area contributed by atoms with Gasteiger partial charge in [-0.3, -0.25) is 4.79 Å². The third kappa shape index (κ3) is 3.52. The van der Waals surface area contributed by atoms with E-state index in [0.717, 1.165) is 15.0 Å². The third-order valence-corrected chi connectivity index (χ3v) is 4.83. The second kappa shape index (κ2) is 6.00. The van der Waals surface area contributed by atoms with Crippen molar-refractivity contribution in [2.24, 2.45) is 0 Å². The second-order valence-electron chi connectivity index (χ2n) is 4.41. The summed E-state index contributed by atoms with van der Waals surface area (Å²) < 4.78 is 30.5. The molecule has 0 aliphatic rings. The molecule has 0 fully saturated rings. The Labute approximate surface area is 130 Å². The van der Waals surface area contributed by atoms with E-state index in [1.165, 1.54) is 20.2 Å². The van der Waals surface area contributed by atoms with E-state index in [2.05, 4.69) is 21.2 Å². The SMILES string of the molecule is CN(C)S(=O)(=O)c1cc(C(=O)Nc2cccc(Br)c2)co1. The van der Waals surface area contributed by atoms with Crippen LogP contribution < -0.4 is 5.32 Å². The highest BCUT2D eigenvalue weighted by atomic mass is 79.9. The number of rotatable bonds is 4. The van der Waals surface area contributed by atoms with Crippen LogP contribution in [0.2, 0.25) is 0 Å². The van der Waals surface area contributed by atoms with Crippen molar-refractivity contribution in [2.75, 3.05) is 19.4 Å². The predicted octanol–water partition coefficient (Wildman–Crippen LogP) is 2.54. The summed E-state index contributed by atoms with van der Waals surface area (Å²) >= 11 is 3.30. The van der Waals surface area contributed by atoms with Gasteiger partial charge in [-0.15, -0.1) is 0 Å². The Kier molecular flexibility index (Phi) is 4.50. The van der Waals surface area contributed by atoms with Crippen molar-refractivity contribution >= 4 is 37.5 Å². The Bertz CT molecular complexity index is 768. The molecule has 0 atom stereocenters. The highest BCUT2D eigenvalue weighted by molar-refractivity contribution is 9.10. The van der Waals surface area contributed by atoms with E-state index in [-0.39, 0.29) is 10.7 Å². The molecule has 6 nitrogen and oxygen atoms in total. The van der Waals surface area contributed by atoms with Crippen molar-refractivity contribution in [2.45, 2.75) is 5.09 Å². The minimum Gasteiger partial charge on any atom is -0.451 e. The standard InChI is InChI=1S/C13H13BrN2O4S/c1-16(2)21(18,19)12-6-9(8-20-12)13(17)15-11-5-3-4-10(14)7-11/h3-8H,1-2H3,(H,15,17). The molecule has 1 N–H and O–H groups in total. The Balaban J connectivity index is 2.20. The van der Waals surface area contributed by atoms with Gasteiger partial charge in [0.15, 0.2) is 0 Å². The second-order valence-corrected chi connectivity index (χ2v) is 7.40. The van der Waals surface area contributed by atoms with Crippen LogP contribution >= 0.6 is 15.9 Å². The van der Waals surface area contributed by atoms with E-state index in [9.17, 15) is 13.2 Å². The van der Waals surface area contributed by atoms with Gasteiger partial charge in [-0.25, -0.2) is 12.7 Å². The van der Waals surface area contributed by atoms with Crippen LogP contribution in [-0.2, 0) is 10.0 Å². The maximum atomic E-state index is 12.0. The summed E-state index contributed by atoms with van der Waals surface area (Å²) in [5, 5.41) is 2.38. The Morgan fingerprint density at radius 2 is 2.00 bits per heavy atom. The molecule has 0 radical (unpaired) electrons. The first-order chi connectivity index (χ1) is 9.80. The number of sulfonamides is 1. The van der Waals surface area contributed by atoms with Gasteiger partial charge in [0, 0.05) is 30.3 Å². The molecule has 1 aromatic heterocycles. The quantitative estimate of drug-likeness (QED) is 0.893.